The highest BCUT2D eigenvalue weighted by molar-refractivity contribution is 7.15. The van der Waals surface area contributed by atoms with Crippen molar-refractivity contribution in [2.24, 2.45) is 0 Å². The number of hydrogen-bond donors (Lipinski definition) is 1. The molecule has 0 aliphatic carbocycles. The fourth-order valence-corrected chi connectivity index (χ4v) is 5.13. The van der Waals surface area contributed by atoms with Gasteiger partial charge in [0.15, 0.2) is 0 Å². The smallest absolute Gasteiger partial charge is 0.274 e. The second-order valence-electron chi connectivity index (χ2n) is 7.72. The summed E-state index contributed by atoms with van der Waals surface area (Å²) in [5, 5.41) is 5.62. The zero-order valence-electron chi connectivity index (χ0n) is 17.4. The lowest BCUT2D eigenvalue weighted by atomic mass is 9.95. The number of benzene rings is 1. The van der Waals surface area contributed by atoms with Crippen molar-refractivity contribution in [3.63, 3.8) is 0 Å². The molecular formula is C23H24N6OS. The topological polar surface area (TPSA) is 75.4 Å². The Kier molecular flexibility index (Phi) is 5.38. The van der Waals surface area contributed by atoms with E-state index in [0.29, 0.717) is 12.2 Å². The number of para-hydroxylation sites is 1. The summed E-state index contributed by atoms with van der Waals surface area (Å²) in [6.07, 6.45) is 9.65. The van der Waals surface area contributed by atoms with Crippen molar-refractivity contribution in [1.82, 2.24) is 24.3 Å². The fraction of sp³-hybridized carbons (Fsp3) is 0.304. The predicted octanol–water partition coefficient (Wildman–Crippen LogP) is 4.51. The minimum Gasteiger partial charge on any atom is -0.337 e. The van der Waals surface area contributed by atoms with Crippen LogP contribution in [0.15, 0.2) is 54.4 Å². The monoisotopic (exact) mass is 432 g/mol. The van der Waals surface area contributed by atoms with Crippen LogP contribution in [0.5, 0.6) is 0 Å². The summed E-state index contributed by atoms with van der Waals surface area (Å²) >= 11 is 1.69. The Balaban J connectivity index is 1.43. The van der Waals surface area contributed by atoms with Crippen LogP contribution in [-0.2, 0) is 6.42 Å². The Morgan fingerprint density at radius 3 is 3.03 bits per heavy atom. The lowest BCUT2D eigenvalue weighted by Crippen LogP contribution is -2.39. The number of aromatic nitrogens is 4. The Morgan fingerprint density at radius 2 is 2.19 bits per heavy atom. The first-order valence-corrected chi connectivity index (χ1v) is 11.5. The molecule has 0 spiro atoms. The largest absolute Gasteiger partial charge is 0.337 e. The van der Waals surface area contributed by atoms with Crippen molar-refractivity contribution < 1.29 is 4.79 Å². The number of hydrogen-bond acceptors (Lipinski definition) is 6. The van der Waals surface area contributed by atoms with Crippen LogP contribution >= 0.6 is 11.3 Å². The van der Waals surface area contributed by atoms with E-state index in [-0.39, 0.29) is 11.8 Å². The quantitative estimate of drug-likeness (QED) is 0.502. The Bertz CT molecular complexity index is 1200. The van der Waals surface area contributed by atoms with Crippen molar-refractivity contribution in [3.8, 4) is 0 Å². The molecule has 4 aromatic rings. The summed E-state index contributed by atoms with van der Waals surface area (Å²) in [4.78, 5) is 29.1. The van der Waals surface area contributed by atoms with E-state index in [4.69, 9.17) is 4.98 Å². The standard InChI is InChI=1S/C23H24N6OS/c1-2-16-6-3-4-8-18(16)26-23-27-20(22-29(23)12-13-31-22)17-7-5-11-28(15-17)21(30)19-14-24-9-10-25-19/h3-4,6,8-10,12-14,17H,2,5,7,11,15H2,1H3,(H,26,27). The maximum absolute atomic E-state index is 12.9. The first kappa shape index (κ1) is 19.7. The molecule has 1 saturated heterocycles. The molecule has 0 saturated carbocycles. The molecule has 1 fully saturated rings. The lowest BCUT2D eigenvalue weighted by molar-refractivity contribution is 0.0700. The number of nitrogens with one attached hydrogen (secondary N) is 1. The number of nitrogens with zero attached hydrogens (tertiary/aromatic N) is 5. The first-order valence-electron chi connectivity index (χ1n) is 10.6. The van der Waals surface area contributed by atoms with E-state index < -0.39 is 0 Å². The Morgan fingerprint density at radius 1 is 1.29 bits per heavy atom. The number of piperidine rings is 1. The van der Waals surface area contributed by atoms with E-state index in [9.17, 15) is 4.79 Å². The summed E-state index contributed by atoms with van der Waals surface area (Å²) < 4.78 is 2.12. The van der Waals surface area contributed by atoms with Gasteiger partial charge in [-0.2, -0.15) is 0 Å². The van der Waals surface area contributed by atoms with Crippen LogP contribution in [0.3, 0.4) is 0 Å². The molecule has 5 rings (SSSR count). The molecule has 4 heterocycles. The minimum absolute atomic E-state index is 0.0605. The first-order chi connectivity index (χ1) is 15.2. The summed E-state index contributed by atoms with van der Waals surface area (Å²) in [5.41, 5.74) is 3.79. The maximum atomic E-state index is 12.9. The average Bonchev–Trinajstić information content (AvgIpc) is 3.43. The number of likely N-dealkylation sites (tertiary alicyclic amines) is 1. The van der Waals surface area contributed by atoms with E-state index in [1.54, 1.807) is 23.7 Å². The van der Waals surface area contributed by atoms with E-state index >= 15 is 0 Å². The zero-order valence-corrected chi connectivity index (χ0v) is 18.2. The molecule has 8 heteroatoms. The van der Waals surface area contributed by atoms with Gasteiger partial charge in [-0.15, -0.1) is 11.3 Å². The van der Waals surface area contributed by atoms with Gasteiger partial charge in [0, 0.05) is 48.7 Å². The zero-order chi connectivity index (χ0) is 21.2. The van der Waals surface area contributed by atoms with Crippen molar-refractivity contribution in [3.05, 3.63) is 71.4 Å². The molecule has 1 aromatic carbocycles. The number of imidazole rings is 1. The second kappa shape index (κ2) is 8.47. The van der Waals surface area contributed by atoms with Gasteiger partial charge in [-0.1, -0.05) is 25.1 Å². The Hall–Kier alpha value is -3.26. The molecule has 0 radical (unpaired) electrons. The molecule has 1 aliphatic rings. The Labute approximate surface area is 184 Å². The molecule has 3 aromatic heterocycles. The van der Waals surface area contributed by atoms with E-state index in [2.05, 4.69) is 56.4 Å². The number of amides is 1. The van der Waals surface area contributed by atoms with Gasteiger partial charge in [-0.05, 0) is 30.9 Å². The van der Waals surface area contributed by atoms with Gasteiger partial charge in [0.1, 0.15) is 10.5 Å². The third kappa shape index (κ3) is 3.79. The molecule has 31 heavy (non-hydrogen) atoms. The van der Waals surface area contributed by atoms with E-state index in [1.165, 1.54) is 11.8 Å². The molecule has 158 valence electrons. The summed E-state index contributed by atoms with van der Waals surface area (Å²) in [6, 6.07) is 8.33. The fourth-order valence-electron chi connectivity index (χ4n) is 4.23. The lowest BCUT2D eigenvalue weighted by Gasteiger charge is -2.31. The SMILES string of the molecule is CCc1ccccc1Nc1nc(C2CCCN(C(=O)c3cnccn3)C2)c2sccn12. The van der Waals surface area contributed by atoms with Gasteiger partial charge in [-0.25, -0.2) is 9.97 Å². The number of carbonyl (C=O) groups excluding carboxylic acids is 1. The van der Waals surface area contributed by atoms with Gasteiger partial charge in [0.2, 0.25) is 5.95 Å². The molecule has 1 aliphatic heterocycles. The van der Waals surface area contributed by atoms with Crippen molar-refractivity contribution in [1.29, 1.82) is 0 Å². The van der Waals surface area contributed by atoms with Crippen LogP contribution in [-0.4, -0.2) is 43.2 Å². The number of aryl methyl sites for hydroxylation is 1. The van der Waals surface area contributed by atoms with Gasteiger partial charge < -0.3 is 10.2 Å². The van der Waals surface area contributed by atoms with Crippen LogP contribution < -0.4 is 5.32 Å². The van der Waals surface area contributed by atoms with Crippen molar-refractivity contribution >= 4 is 33.7 Å². The number of fused-ring (bicyclic) bond motifs is 1. The van der Waals surface area contributed by atoms with Gasteiger partial charge in [0.05, 0.1) is 11.9 Å². The van der Waals surface area contributed by atoms with Crippen LogP contribution in [0.2, 0.25) is 0 Å². The number of anilines is 2. The predicted molar refractivity (Wildman–Crippen MR) is 122 cm³/mol. The molecule has 7 nitrogen and oxygen atoms in total. The highest BCUT2D eigenvalue weighted by Gasteiger charge is 2.30. The van der Waals surface area contributed by atoms with E-state index in [1.807, 2.05) is 11.0 Å². The summed E-state index contributed by atoms with van der Waals surface area (Å²) in [5.74, 6) is 0.958. The minimum atomic E-state index is -0.0605. The van der Waals surface area contributed by atoms with Crippen LogP contribution in [0.25, 0.3) is 4.83 Å². The highest BCUT2D eigenvalue weighted by atomic mass is 32.1. The molecule has 1 amide bonds. The highest BCUT2D eigenvalue weighted by Crippen LogP contribution is 2.34. The van der Waals surface area contributed by atoms with Gasteiger partial charge in [-0.3, -0.25) is 14.2 Å². The molecular weight excluding hydrogens is 408 g/mol. The summed E-state index contributed by atoms with van der Waals surface area (Å²) in [7, 11) is 0. The third-order valence-electron chi connectivity index (χ3n) is 5.80. The second-order valence-corrected chi connectivity index (χ2v) is 8.61. The summed E-state index contributed by atoms with van der Waals surface area (Å²) in [6.45, 7) is 3.54. The number of carbonyl (C=O) groups is 1. The number of thiazole rings is 1. The van der Waals surface area contributed by atoms with Crippen LogP contribution in [0.4, 0.5) is 11.6 Å². The third-order valence-corrected chi connectivity index (χ3v) is 6.69. The van der Waals surface area contributed by atoms with Crippen molar-refractivity contribution in [2.75, 3.05) is 18.4 Å². The molecule has 1 unspecified atom stereocenters. The van der Waals surface area contributed by atoms with Gasteiger partial charge in [0.25, 0.3) is 5.91 Å². The van der Waals surface area contributed by atoms with Gasteiger partial charge >= 0.3 is 0 Å². The molecule has 0 bridgehead atoms. The van der Waals surface area contributed by atoms with Crippen LogP contribution in [0, 0.1) is 0 Å². The average molecular weight is 433 g/mol. The molecule has 1 N–H and O–H groups in total. The van der Waals surface area contributed by atoms with E-state index in [0.717, 1.165) is 48.0 Å². The maximum Gasteiger partial charge on any atom is 0.274 e. The normalized spacial score (nSPS) is 16.5. The molecule has 1 atom stereocenters. The van der Waals surface area contributed by atoms with Crippen LogP contribution in [0.1, 0.15) is 47.4 Å². The number of rotatable bonds is 5. The van der Waals surface area contributed by atoms with Crippen molar-refractivity contribution in [2.45, 2.75) is 32.1 Å².